The zero-order valence-corrected chi connectivity index (χ0v) is 12.9. The molecule has 106 valence electrons. The molecule has 1 aromatic heterocycles. The van der Waals surface area contributed by atoms with Gasteiger partial charge >= 0.3 is 0 Å². The monoisotopic (exact) mass is 261 g/mol. The number of nitrogens with zero attached hydrogens (tertiary/aromatic N) is 2. The molecule has 0 amide bonds. The first kappa shape index (κ1) is 14.4. The molecule has 1 heterocycles. The lowest BCUT2D eigenvalue weighted by molar-refractivity contribution is 0.0809. The van der Waals surface area contributed by atoms with Crippen LogP contribution in [0.15, 0.2) is 18.6 Å². The Morgan fingerprint density at radius 2 is 1.79 bits per heavy atom. The van der Waals surface area contributed by atoms with Crippen molar-refractivity contribution in [3.63, 3.8) is 0 Å². The molecule has 0 saturated heterocycles. The van der Waals surface area contributed by atoms with E-state index >= 15 is 0 Å². The van der Waals surface area contributed by atoms with E-state index < -0.39 is 0 Å². The molecule has 0 radical (unpaired) electrons. The third-order valence-corrected chi connectivity index (χ3v) is 4.07. The van der Waals surface area contributed by atoms with E-state index in [4.69, 9.17) is 0 Å². The van der Waals surface area contributed by atoms with Crippen molar-refractivity contribution >= 4 is 0 Å². The molecule has 1 aliphatic carbocycles. The second-order valence-electron chi connectivity index (χ2n) is 7.63. The highest BCUT2D eigenvalue weighted by Crippen LogP contribution is 2.45. The first-order valence-corrected chi connectivity index (χ1v) is 7.29. The van der Waals surface area contributed by atoms with Crippen molar-refractivity contribution in [2.24, 2.45) is 10.8 Å². The average molecular weight is 261 g/mol. The van der Waals surface area contributed by atoms with Crippen LogP contribution in [0.5, 0.6) is 0 Å². The second kappa shape index (κ2) is 5.20. The lowest BCUT2D eigenvalue weighted by Crippen LogP contribution is -2.44. The lowest BCUT2D eigenvalue weighted by atomic mass is 9.63. The van der Waals surface area contributed by atoms with Gasteiger partial charge in [0.05, 0.1) is 5.69 Å². The van der Waals surface area contributed by atoms with E-state index in [1.165, 1.54) is 19.3 Å². The molecule has 1 saturated carbocycles. The Labute approximate surface area is 117 Å². The van der Waals surface area contributed by atoms with Crippen LogP contribution in [0.25, 0.3) is 0 Å². The van der Waals surface area contributed by atoms with E-state index in [1.54, 1.807) is 12.4 Å². The van der Waals surface area contributed by atoms with E-state index in [0.29, 0.717) is 16.9 Å². The molecule has 0 bridgehead atoms. The SMILES string of the molecule is CC(NC1CC(C)(C)CC(C)(C)C1)c1cnccn1. The smallest absolute Gasteiger partial charge is 0.0753 e. The molecule has 0 spiro atoms. The van der Waals surface area contributed by atoms with Gasteiger partial charge in [0, 0.05) is 30.7 Å². The molecule has 1 aliphatic rings. The van der Waals surface area contributed by atoms with Gasteiger partial charge in [-0.25, -0.2) is 0 Å². The summed E-state index contributed by atoms with van der Waals surface area (Å²) in [6.45, 7) is 11.7. The van der Waals surface area contributed by atoms with E-state index in [2.05, 4.69) is 49.9 Å². The fraction of sp³-hybridized carbons (Fsp3) is 0.750. The van der Waals surface area contributed by atoms with Crippen molar-refractivity contribution in [1.29, 1.82) is 0 Å². The van der Waals surface area contributed by atoms with Crippen molar-refractivity contribution in [2.45, 2.75) is 66.0 Å². The van der Waals surface area contributed by atoms with Crippen LogP contribution in [-0.4, -0.2) is 16.0 Å². The van der Waals surface area contributed by atoms with Crippen molar-refractivity contribution in [3.8, 4) is 0 Å². The Morgan fingerprint density at radius 1 is 1.16 bits per heavy atom. The van der Waals surface area contributed by atoms with E-state index in [-0.39, 0.29) is 6.04 Å². The summed E-state index contributed by atoms with van der Waals surface area (Å²) in [5.41, 5.74) is 1.87. The van der Waals surface area contributed by atoms with Gasteiger partial charge in [-0.3, -0.25) is 9.97 Å². The molecule has 1 aromatic rings. The van der Waals surface area contributed by atoms with E-state index in [1.807, 2.05) is 6.20 Å². The summed E-state index contributed by atoms with van der Waals surface area (Å²) >= 11 is 0. The van der Waals surface area contributed by atoms with Crippen LogP contribution in [0.4, 0.5) is 0 Å². The van der Waals surface area contributed by atoms with Gasteiger partial charge in [-0.05, 0) is 37.0 Å². The lowest BCUT2D eigenvalue weighted by Gasteiger charge is -2.46. The minimum Gasteiger partial charge on any atom is -0.306 e. The predicted octanol–water partition coefficient (Wildman–Crippen LogP) is 3.73. The number of rotatable bonds is 3. The fourth-order valence-corrected chi connectivity index (χ4v) is 3.94. The average Bonchev–Trinajstić information content (AvgIpc) is 2.25. The summed E-state index contributed by atoms with van der Waals surface area (Å²) in [6, 6.07) is 0.833. The molecule has 19 heavy (non-hydrogen) atoms. The van der Waals surface area contributed by atoms with Gasteiger partial charge in [0.1, 0.15) is 0 Å². The summed E-state index contributed by atoms with van der Waals surface area (Å²) in [5.74, 6) is 0. The molecule has 2 rings (SSSR count). The third-order valence-electron chi connectivity index (χ3n) is 4.07. The van der Waals surface area contributed by atoms with Crippen LogP contribution in [0, 0.1) is 10.8 Å². The van der Waals surface area contributed by atoms with Crippen LogP contribution < -0.4 is 5.32 Å². The summed E-state index contributed by atoms with van der Waals surface area (Å²) in [7, 11) is 0. The van der Waals surface area contributed by atoms with Gasteiger partial charge in [0.15, 0.2) is 0 Å². The summed E-state index contributed by atoms with van der Waals surface area (Å²) in [4.78, 5) is 8.55. The van der Waals surface area contributed by atoms with Gasteiger partial charge < -0.3 is 5.32 Å². The molecule has 0 aliphatic heterocycles. The standard InChI is InChI=1S/C16H27N3/c1-12(14-10-17-6-7-18-14)19-13-8-15(2,3)11-16(4,5)9-13/h6-7,10,12-13,19H,8-9,11H2,1-5H3. The van der Waals surface area contributed by atoms with Crippen molar-refractivity contribution < 1.29 is 0 Å². The molecule has 3 heteroatoms. The Balaban J connectivity index is 2.03. The normalized spacial score (nSPS) is 24.1. The quantitative estimate of drug-likeness (QED) is 0.901. The van der Waals surface area contributed by atoms with Crippen LogP contribution >= 0.6 is 0 Å². The highest BCUT2D eigenvalue weighted by atomic mass is 15.0. The summed E-state index contributed by atoms with van der Waals surface area (Å²) in [5, 5.41) is 3.74. The Morgan fingerprint density at radius 3 is 2.32 bits per heavy atom. The Hall–Kier alpha value is -0.960. The highest BCUT2D eigenvalue weighted by Gasteiger charge is 2.38. The first-order valence-electron chi connectivity index (χ1n) is 7.29. The fourth-order valence-electron chi connectivity index (χ4n) is 3.94. The molecule has 1 atom stereocenters. The Kier molecular flexibility index (Phi) is 3.95. The van der Waals surface area contributed by atoms with Gasteiger partial charge in [-0.15, -0.1) is 0 Å². The maximum atomic E-state index is 4.39. The topological polar surface area (TPSA) is 37.8 Å². The number of hydrogen-bond acceptors (Lipinski definition) is 3. The molecule has 1 unspecified atom stereocenters. The van der Waals surface area contributed by atoms with Crippen molar-refractivity contribution in [2.75, 3.05) is 0 Å². The van der Waals surface area contributed by atoms with Gasteiger partial charge in [-0.2, -0.15) is 0 Å². The first-order chi connectivity index (χ1) is 8.77. The minimum absolute atomic E-state index is 0.267. The zero-order chi connectivity index (χ0) is 14.1. The van der Waals surface area contributed by atoms with Crippen LogP contribution in [0.2, 0.25) is 0 Å². The third kappa shape index (κ3) is 4.00. The largest absolute Gasteiger partial charge is 0.306 e. The van der Waals surface area contributed by atoms with Crippen LogP contribution in [0.3, 0.4) is 0 Å². The van der Waals surface area contributed by atoms with Crippen molar-refractivity contribution in [1.82, 2.24) is 15.3 Å². The summed E-state index contributed by atoms with van der Waals surface area (Å²) in [6.07, 6.45) is 9.13. The van der Waals surface area contributed by atoms with Crippen molar-refractivity contribution in [3.05, 3.63) is 24.3 Å². The maximum absolute atomic E-state index is 4.39. The highest BCUT2D eigenvalue weighted by molar-refractivity contribution is 5.02. The zero-order valence-electron chi connectivity index (χ0n) is 12.9. The van der Waals surface area contributed by atoms with Crippen LogP contribution in [0.1, 0.15) is 65.6 Å². The molecule has 0 aromatic carbocycles. The van der Waals surface area contributed by atoms with Gasteiger partial charge in [-0.1, -0.05) is 27.7 Å². The van der Waals surface area contributed by atoms with E-state index in [0.717, 1.165) is 5.69 Å². The minimum atomic E-state index is 0.267. The molecule has 1 fully saturated rings. The molecule has 3 nitrogen and oxygen atoms in total. The van der Waals surface area contributed by atoms with E-state index in [9.17, 15) is 0 Å². The number of hydrogen-bond donors (Lipinski definition) is 1. The summed E-state index contributed by atoms with van der Waals surface area (Å²) < 4.78 is 0. The van der Waals surface area contributed by atoms with Gasteiger partial charge in [0.2, 0.25) is 0 Å². The number of aromatic nitrogens is 2. The number of nitrogens with one attached hydrogen (secondary N) is 1. The Bertz CT molecular complexity index is 395. The predicted molar refractivity (Wildman–Crippen MR) is 78.8 cm³/mol. The second-order valence-corrected chi connectivity index (χ2v) is 7.63. The van der Waals surface area contributed by atoms with Crippen LogP contribution in [-0.2, 0) is 0 Å². The maximum Gasteiger partial charge on any atom is 0.0753 e. The molecule has 1 N–H and O–H groups in total. The molecular formula is C16H27N3. The van der Waals surface area contributed by atoms with Gasteiger partial charge in [0.25, 0.3) is 0 Å². The molecular weight excluding hydrogens is 234 g/mol.